The summed E-state index contributed by atoms with van der Waals surface area (Å²) in [5, 5.41) is 2.70. The Kier molecular flexibility index (Phi) is 20.2. The van der Waals surface area contributed by atoms with Crippen molar-refractivity contribution in [2.24, 2.45) is 0 Å². The molecule has 0 saturated carbocycles. The Balaban J connectivity index is 0. The number of nitrogens with one attached hydrogen (secondary N) is 1. The van der Waals surface area contributed by atoms with Crippen LogP contribution in [0.2, 0.25) is 0 Å². The van der Waals surface area contributed by atoms with Crippen molar-refractivity contribution >= 4 is 16.3 Å². The predicted molar refractivity (Wildman–Crippen MR) is 107 cm³/mol. The molecule has 0 aromatic carbocycles. The molecule has 0 bridgehead atoms. The normalized spacial score (nSPS) is 11.2. The molecule has 8 heteroatoms. The highest BCUT2D eigenvalue weighted by Gasteiger charge is 2.04. The maximum Gasteiger partial charge on any atom is 0.397 e. The minimum absolute atomic E-state index is 0.0187. The average molecular weight is 397 g/mol. The molecule has 0 aliphatic heterocycles. The number of carbonyl (C=O) groups excluding carboxylic acids is 1. The fourth-order valence-electron chi connectivity index (χ4n) is 2.15. The number of carbonyl (C=O) groups is 1. The molecular weight excluding hydrogens is 356 g/mol. The molecule has 0 spiro atoms. The van der Waals surface area contributed by atoms with Crippen molar-refractivity contribution in [2.75, 3.05) is 34.3 Å². The fourth-order valence-corrected chi connectivity index (χ4v) is 2.48. The standard InChI is InChI=1S/C15H31NO5S.C3H9N/c1-2-3-4-5-6-7-8-9-10-12-15(17)16-13-11-14-21-22(18,19)20;1-4(2)3/h2-14H2,1H3,(H,16,17)(H,18,19,20);1-3H3. The van der Waals surface area contributed by atoms with E-state index in [0.717, 1.165) is 12.8 Å². The zero-order valence-electron chi connectivity index (χ0n) is 17.1. The van der Waals surface area contributed by atoms with Gasteiger partial charge >= 0.3 is 10.4 Å². The van der Waals surface area contributed by atoms with Crippen molar-refractivity contribution in [1.29, 1.82) is 0 Å². The summed E-state index contributed by atoms with van der Waals surface area (Å²) in [6.45, 7) is 2.44. The second kappa shape index (κ2) is 19.1. The highest BCUT2D eigenvalue weighted by Crippen LogP contribution is 2.10. The largest absolute Gasteiger partial charge is 0.397 e. The third kappa shape index (κ3) is 31.1. The second-order valence-electron chi connectivity index (χ2n) is 6.87. The number of amides is 1. The van der Waals surface area contributed by atoms with Gasteiger partial charge in [-0.15, -0.1) is 0 Å². The van der Waals surface area contributed by atoms with E-state index in [4.69, 9.17) is 4.55 Å². The van der Waals surface area contributed by atoms with Crippen LogP contribution in [0.4, 0.5) is 0 Å². The van der Waals surface area contributed by atoms with Crippen LogP contribution in [0.15, 0.2) is 0 Å². The average Bonchev–Trinajstić information content (AvgIpc) is 2.51. The number of unbranched alkanes of at least 4 members (excludes halogenated alkanes) is 8. The molecule has 0 fully saturated rings. The highest BCUT2D eigenvalue weighted by atomic mass is 32.3. The molecule has 0 aliphatic carbocycles. The minimum Gasteiger partial charge on any atom is -0.356 e. The van der Waals surface area contributed by atoms with Crippen molar-refractivity contribution in [3.05, 3.63) is 0 Å². The Morgan fingerprint density at radius 2 is 1.38 bits per heavy atom. The Bertz CT molecular complexity index is 411. The van der Waals surface area contributed by atoms with Crippen molar-refractivity contribution in [2.45, 2.75) is 77.6 Å². The predicted octanol–water partition coefficient (Wildman–Crippen LogP) is 3.41. The van der Waals surface area contributed by atoms with E-state index in [1.165, 1.54) is 44.9 Å². The Morgan fingerprint density at radius 1 is 0.923 bits per heavy atom. The topological polar surface area (TPSA) is 95.9 Å². The van der Waals surface area contributed by atoms with E-state index in [1.54, 1.807) is 0 Å². The van der Waals surface area contributed by atoms with E-state index in [9.17, 15) is 13.2 Å². The zero-order chi connectivity index (χ0) is 20.3. The molecule has 2 N–H and O–H groups in total. The fraction of sp³-hybridized carbons (Fsp3) is 0.944. The van der Waals surface area contributed by atoms with Gasteiger partial charge in [0.15, 0.2) is 0 Å². The van der Waals surface area contributed by atoms with Crippen LogP contribution < -0.4 is 5.32 Å². The van der Waals surface area contributed by atoms with Crippen LogP contribution in [0.5, 0.6) is 0 Å². The lowest BCUT2D eigenvalue weighted by Gasteiger charge is -2.05. The molecule has 0 aliphatic rings. The van der Waals surface area contributed by atoms with Gasteiger partial charge in [-0.25, -0.2) is 4.18 Å². The number of nitrogens with zero attached hydrogens (tertiary/aromatic N) is 1. The Morgan fingerprint density at radius 3 is 1.85 bits per heavy atom. The third-order valence-electron chi connectivity index (χ3n) is 3.38. The minimum atomic E-state index is -4.37. The first kappa shape index (κ1) is 27.5. The zero-order valence-corrected chi connectivity index (χ0v) is 17.9. The first-order chi connectivity index (χ1) is 12.2. The van der Waals surface area contributed by atoms with Crippen LogP contribution in [0.25, 0.3) is 0 Å². The summed E-state index contributed by atoms with van der Waals surface area (Å²) in [5.74, 6) is -0.0187. The van der Waals surface area contributed by atoms with Crippen LogP contribution in [0, 0.1) is 0 Å². The number of rotatable bonds is 15. The molecule has 1 amide bonds. The van der Waals surface area contributed by atoms with Crippen LogP contribution in [-0.2, 0) is 19.4 Å². The molecule has 0 saturated heterocycles. The van der Waals surface area contributed by atoms with E-state index >= 15 is 0 Å². The molecule has 0 heterocycles. The summed E-state index contributed by atoms with van der Waals surface area (Å²) < 4.78 is 33.0. The van der Waals surface area contributed by atoms with E-state index in [2.05, 4.69) is 16.4 Å². The molecule has 7 nitrogen and oxygen atoms in total. The summed E-state index contributed by atoms with van der Waals surface area (Å²) in [6.07, 6.45) is 11.8. The molecule has 0 atom stereocenters. The quantitative estimate of drug-likeness (QED) is 0.325. The lowest BCUT2D eigenvalue weighted by atomic mass is 10.1. The van der Waals surface area contributed by atoms with Gasteiger partial charge in [-0.05, 0) is 34.0 Å². The number of hydrogen-bond donors (Lipinski definition) is 2. The molecule has 158 valence electrons. The maximum absolute atomic E-state index is 11.5. The van der Waals surface area contributed by atoms with Gasteiger partial charge in [-0.3, -0.25) is 9.35 Å². The first-order valence-electron chi connectivity index (χ1n) is 9.68. The van der Waals surface area contributed by atoms with Crippen molar-refractivity contribution in [3.8, 4) is 0 Å². The Labute approximate surface area is 160 Å². The summed E-state index contributed by atoms with van der Waals surface area (Å²) in [5.41, 5.74) is 0. The molecule has 26 heavy (non-hydrogen) atoms. The van der Waals surface area contributed by atoms with Gasteiger partial charge in [-0.1, -0.05) is 58.3 Å². The van der Waals surface area contributed by atoms with Crippen molar-refractivity contribution < 1.29 is 21.9 Å². The second-order valence-corrected chi connectivity index (χ2v) is 7.96. The third-order valence-corrected chi connectivity index (χ3v) is 3.85. The summed E-state index contributed by atoms with van der Waals surface area (Å²) in [4.78, 5) is 13.5. The lowest BCUT2D eigenvalue weighted by Crippen LogP contribution is -2.25. The van der Waals surface area contributed by atoms with E-state index in [-0.39, 0.29) is 12.5 Å². The monoisotopic (exact) mass is 396 g/mol. The van der Waals surface area contributed by atoms with Crippen LogP contribution in [0.3, 0.4) is 0 Å². The van der Waals surface area contributed by atoms with Gasteiger partial charge in [0.2, 0.25) is 5.91 Å². The molecule has 0 unspecified atom stereocenters. The smallest absolute Gasteiger partial charge is 0.356 e. The van der Waals surface area contributed by atoms with Gasteiger partial charge in [-0.2, -0.15) is 8.42 Å². The van der Waals surface area contributed by atoms with E-state index < -0.39 is 10.4 Å². The SMILES string of the molecule is CCCCCCCCCCCC(=O)NCCCOS(=O)(=O)O.CN(C)C. The summed E-state index contributed by atoms with van der Waals surface area (Å²) >= 11 is 0. The maximum atomic E-state index is 11.5. The highest BCUT2D eigenvalue weighted by molar-refractivity contribution is 7.80. The van der Waals surface area contributed by atoms with Gasteiger partial charge in [0.1, 0.15) is 0 Å². The van der Waals surface area contributed by atoms with Crippen molar-refractivity contribution in [3.63, 3.8) is 0 Å². The molecule has 0 rings (SSSR count). The van der Waals surface area contributed by atoms with Crippen LogP contribution in [-0.4, -0.2) is 58.1 Å². The van der Waals surface area contributed by atoms with Gasteiger partial charge in [0, 0.05) is 13.0 Å². The van der Waals surface area contributed by atoms with Gasteiger partial charge < -0.3 is 10.2 Å². The molecule has 0 radical (unpaired) electrons. The van der Waals surface area contributed by atoms with E-state index in [1.807, 2.05) is 26.0 Å². The van der Waals surface area contributed by atoms with Gasteiger partial charge in [0.05, 0.1) is 6.61 Å². The molecule has 0 aromatic heterocycles. The van der Waals surface area contributed by atoms with E-state index in [0.29, 0.717) is 19.4 Å². The van der Waals surface area contributed by atoms with Crippen LogP contribution in [0.1, 0.15) is 77.6 Å². The summed E-state index contributed by atoms with van der Waals surface area (Å²) in [6, 6.07) is 0. The first-order valence-corrected chi connectivity index (χ1v) is 11.0. The van der Waals surface area contributed by atoms with Gasteiger partial charge in [0.25, 0.3) is 0 Å². The molecular formula is C18H40N2O5S. The lowest BCUT2D eigenvalue weighted by molar-refractivity contribution is -0.121. The van der Waals surface area contributed by atoms with Crippen LogP contribution >= 0.6 is 0 Å². The van der Waals surface area contributed by atoms with Crippen molar-refractivity contribution in [1.82, 2.24) is 10.2 Å². The summed E-state index contributed by atoms with van der Waals surface area (Å²) in [7, 11) is 1.63. The Hall–Kier alpha value is -0.700. The molecule has 0 aromatic rings. The number of hydrogen-bond acceptors (Lipinski definition) is 5.